The van der Waals surface area contributed by atoms with E-state index < -0.39 is 11.5 Å². The highest BCUT2D eigenvalue weighted by atomic mass is 16.4. The third-order valence-electron chi connectivity index (χ3n) is 3.41. The number of rotatable bonds is 2. The predicted octanol–water partition coefficient (Wildman–Crippen LogP) is 1.92. The summed E-state index contributed by atoms with van der Waals surface area (Å²) in [7, 11) is 0. The number of hydrogen-bond donors (Lipinski definition) is 2. The molecule has 1 heterocycles. The van der Waals surface area contributed by atoms with Crippen LogP contribution in [0.25, 0.3) is 0 Å². The first-order chi connectivity index (χ1) is 7.51. The molecule has 1 aliphatic heterocycles. The van der Waals surface area contributed by atoms with E-state index in [-0.39, 0.29) is 0 Å². The lowest BCUT2D eigenvalue weighted by atomic mass is 9.90. The largest absolute Gasteiger partial charge is 0.480 e. The lowest BCUT2D eigenvalue weighted by Gasteiger charge is -2.18. The Morgan fingerprint density at radius 3 is 2.56 bits per heavy atom. The molecule has 16 heavy (non-hydrogen) atoms. The number of aryl methyl sites for hydroxylation is 1. The maximum Gasteiger partial charge on any atom is 0.323 e. The summed E-state index contributed by atoms with van der Waals surface area (Å²) in [4.78, 5) is 11.1. The average Bonchev–Trinajstić information content (AvgIpc) is 2.63. The number of hydrogen-bond acceptors (Lipinski definition) is 2. The van der Waals surface area contributed by atoms with E-state index in [1.54, 1.807) is 6.92 Å². The number of carboxylic acid groups (broad SMARTS) is 1. The van der Waals surface area contributed by atoms with Gasteiger partial charge in [0.2, 0.25) is 0 Å². The van der Waals surface area contributed by atoms with Crippen LogP contribution in [-0.4, -0.2) is 23.2 Å². The minimum Gasteiger partial charge on any atom is -0.480 e. The molecule has 2 unspecified atom stereocenters. The molecule has 1 fully saturated rings. The Morgan fingerprint density at radius 1 is 1.44 bits per heavy atom. The molecule has 2 atom stereocenters. The van der Waals surface area contributed by atoms with Crippen molar-refractivity contribution in [3.8, 4) is 0 Å². The topological polar surface area (TPSA) is 49.3 Å². The van der Waals surface area contributed by atoms with Crippen LogP contribution in [0.5, 0.6) is 0 Å². The Labute approximate surface area is 95.5 Å². The predicted molar refractivity (Wildman–Crippen MR) is 62.6 cm³/mol. The van der Waals surface area contributed by atoms with Gasteiger partial charge in [0.05, 0.1) is 0 Å². The van der Waals surface area contributed by atoms with Crippen molar-refractivity contribution in [2.45, 2.75) is 31.7 Å². The van der Waals surface area contributed by atoms with Crippen molar-refractivity contribution in [2.75, 3.05) is 6.54 Å². The Balaban J connectivity index is 2.15. The van der Waals surface area contributed by atoms with Crippen LogP contribution in [0.2, 0.25) is 0 Å². The summed E-state index contributed by atoms with van der Waals surface area (Å²) in [5.41, 5.74) is 1.69. The van der Waals surface area contributed by atoms with Crippen molar-refractivity contribution < 1.29 is 9.90 Å². The van der Waals surface area contributed by atoms with Crippen LogP contribution in [0.3, 0.4) is 0 Å². The summed E-state index contributed by atoms with van der Waals surface area (Å²) in [6.45, 7) is 4.55. The number of nitrogens with one attached hydrogen (secondary N) is 1. The molecule has 1 saturated heterocycles. The zero-order valence-corrected chi connectivity index (χ0v) is 9.66. The molecule has 0 bridgehead atoms. The minimum atomic E-state index is -0.768. The summed E-state index contributed by atoms with van der Waals surface area (Å²) >= 11 is 0. The normalized spacial score (nSPS) is 29.2. The van der Waals surface area contributed by atoms with Crippen LogP contribution >= 0.6 is 0 Å². The highest BCUT2D eigenvalue weighted by Crippen LogP contribution is 2.32. The summed E-state index contributed by atoms with van der Waals surface area (Å²) in [6.07, 6.45) is 0.658. The van der Waals surface area contributed by atoms with Crippen molar-refractivity contribution in [2.24, 2.45) is 0 Å². The second-order valence-corrected chi connectivity index (χ2v) is 4.83. The molecule has 0 aromatic heterocycles. The lowest BCUT2D eigenvalue weighted by molar-refractivity contribution is -0.143. The van der Waals surface area contributed by atoms with Crippen LogP contribution in [0.15, 0.2) is 24.3 Å². The zero-order chi connectivity index (χ0) is 11.8. The van der Waals surface area contributed by atoms with Gasteiger partial charge in [-0.1, -0.05) is 29.8 Å². The molecule has 3 heteroatoms. The third-order valence-corrected chi connectivity index (χ3v) is 3.41. The standard InChI is InChI=1S/C13H17NO2/c1-9-3-5-10(6-4-9)11-7-13(2,12(15)16)14-8-11/h3-6,11,14H,7-8H2,1-2H3,(H,15,16). The molecule has 86 valence electrons. The van der Waals surface area contributed by atoms with Crippen LogP contribution in [0, 0.1) is 6.92 Å². The monoisotopic (exact) mass is 219 g/mol. The number of carbonyl (C=O) groups is 1. The minimum absolute atomic E-state index is 0.307. The quantitative estimate of drug-likeness (QED) is 0.799. The average molecular weight is 219 g/mol. The van der Waals surface area contributed by atoms with E-state index in [1.165, 1.54) is 11.1 Å². The van der Waals surface area contributed by atoms with Crippen molar-refractivity contribution in [1.82, 2.24) is 5.32 Å². The van der Waals surface area contributed by atoms with Gasteiger partial charge in [0, 0.05) is 6.54 Å². The zero-order valence-electron chi connectivity index (χ0n) is 9.66. The van der Waals surface area contributed by atoms with Gasteiger partial charge in [-0.2, -0.15) is 0 Å². The molecule has 1 aliphatic rings. The summed E-state index contributed by atoms with van der Waals surface area (Å²) < 4.78 is 0. The van der Waals surface area contributed by atoms with Crippen molar-refractivity contribution in [3.63, 3.8) is 0 Å². The fraction of sp³-hybridized carbons (Fsp3) is 0.462. The molecule has 2 rings (SSSR count). The first-order valence-electron chi connectivity index (χ1n) is 5.56. The molecule has 3 nitrogen and oxygen atoms in total. The maximum atomic E-state index is 11.1. The summed E-state index contributed by atoms with van der Waals surface area (Å²) in [6, 6.07) is 8.34. The van der Waals surface area contributed by atoms with E-state index in [0.29, 0.717) is 12.3 Å². The molecule has 0 aliphatic carbocycles. The molecule has 0 amide bonds. The number of carboxylic acids is 1. The van der Waals surface area contributed by atoms with E-state index in [9.17, 15) is 4.79 Å². The van der Waals surface area contributed by atoms with Crippen molar-refractivity contribution in [3.05, 3.63) is 35.4 Å². The SMILES string of the molecule is Cc1ccc(C2CNC(C)(C(=O)O)C2)cc1. The van der Waals surface area contributed by atoms with Crippen molar-refractivity contribution in [1.29, 1.82) is 0 Å². The second-order valence-electron chi connectivity index (χ2n) is 4.83. The number of aliphatic carboxylic acids is 1. The molecule has 0 spiro atoms. The van der Waals surface area contributed by atoms with E-state index in [4.69, 9.17) is 5.11 Å². The van der Waals surface area contributed by atoms with Gasteiger partial charge in [-0.25, -0.2) is 0 Å². The smallest absolute Gasteiger partial charge is 0.323 e. The summed E-state index contributed by atoms with van der Waals surface area (Å²) in [5, 5.41) is 12.2. The van der Waals surface area contributed by atoms with Gasteiger partial charge >= 0.3 is 5.97 Å². The Bertz CT molecular complexity index is 399. The van der Waals surface area contributed by atoms with Crippen LogP contribution in [0.4, 0.5) is 0 Å². The van der Waals surface area contributed by atoms with E-state index in [2.05, 4.69) is 36.5 Å². The fourth-order valence-electron chi connectivity index (χ4n) is 2.22. The molecule has 0 radical (unpaired) electrons. The van der Waals surface area contributed by atoms with Crippen molar-refractivity contribution >= 4 is 5.97 Å². The Hall–Kier alpha value is -1.35. The Morgan fingerprint density at radius 2 is 2.06 bits per heavy atom. The van der Waals surface area contributed by atoms with Gasteiger partial charge < -0.3 is 10.4 Å². The first kappa shape index (κ1) is 11.1. The van der Waals surface area contributed by atoms with Gasteiger partial charge in [-0.05, 0) is 31.7 Å². The molecule has 1 aromatic rings. The Kier molecular flexibility index (Phi) is 2.72. The van der Waals surface area contributed by atoms with Gasteiger partial charge in [-0.15, -0.1) is 0 Å². The molecule has 1 aromatic carbocycles. The van der Waals surface area contributed by atoms with E-state index in [0.717, 1.165) is 6.54 Å². The third kappa shape index (κ3) is 1.95. The van der Waals surface area contributed by atoms with Gasteiger partial charge in [-0.3, -0.25) is 4.79 Å². The van der Waals surface area contributed by atoms with Gasteiger partial charge in [0.15, 0.2) is 0 Å². The first-order valence-corrected chi connectivity index (χ1v) is 5.56. The van der Waals surface area contributed by atoms with Gasteiger partial charge in [0.25, 0.3) is 0 Å². The van der Waals surface area contributed by atoms with Crippen LogP contribution in [-0.2, 0) is 4.79 Å². The lowest BCUT2D eigenvalue weighted by Crippen LogP contribution is -2.44. The van der Waals surface area contributed by atoms with Gasteiger partial charge in [0.1, 0.15) is 5.54 Å². The van der Waals surface area contributed by atoms with E-state index in [1.807, 2.05) is 0 Å². The highest BCUT2D eigenvalue weighted by Gasteiger charge is 2.41. The fourth-order valence-corrected chi connectivity index (χ4v) is 2.22. The molecule has 0 saturated carbocycles. The van der Waals surface area contributed by atoms with Crippen LogP contribution in [0.1, 0.15) is 30.4 Å². The second kappa shape index (κ2) is 3.91. The molecule has 2 N–H and O–H groups in total. The van der Waals surface area contributed by atoms with E-state index >= 15 is 0 Å². The summed E-state index contributed by atoms with van der Waals surface area (Å²) in [5.74, 6) is -0.455. The molecular formula is C13H17NO2. The number of benzene rings is 1. The molecular weight excluding hydrogens is 202 g/mol. The van der Waals surface area contributed by atoms with Crippen LogP contribution < -0.4 is 5.32 Å². The highest BCUT2D eigenvalue weighted by molar-refractivity contribution is 5.79. The maximum absolute atomic E-state index is 11.1.